The first-order valence-corrected chi connectivity index (χ1v) is 14.5. The second-order valence-electron chi connectivity index (χ2n) is 10.2. The highest BCUT2D eigenvalue weighted by Crippen LogP contribution is 2.39. The van der Waals surface area contributed by atoms with Crippen LogP contribution in [0.3, 0.4) is 0 Å². The van der Waals surface area contributed by atoms with Crippen molar-refractivity contribution in [1.82, 2.24) is 19.4 Å². The van der Waals surface area contributed by atoms with Gasteiger partial charge in [-0.05, 0) is 69.1 Å². The third-order valence-electron chi connectivity index (χ3n) is 7.73. The van der Waals surface area contributed by atoms with Crippen LogP contribution in [-0.2, 0) is 7.05 Å². The molecule has 4 aromatic rings. The van der Waals surface area contributed by atoms with Crippen LogP contribution in [0.5, 0.6) is 5.75 Å². The first-order chi connectivity index (χ1) is 19.0. The van der Waals surface area contributed by atoms with Gasteiger partial charge < -0.3 is 24.8 Å². The standard InChI is InChI=1S/C29H30ClN7OS/c1-35-13-8-32-29(35)39-27-5-4-20(14-23(27)30)34-28-19(17-31)18-33-24-16-25(26(38)15-22(24)28)37-11-6-21(7-12-37)36-9-2-3-10-36/h4-5,8,13-16,18,21,38H,2-3,6-7,9-12H2,1H3,(H,33,34). The Kier molecular flexibility index (Phi) is 7.26. The molecule has 0 amide bonds. The number of aromatic hydroxyl groups is 1. The lowest BCUT2D eigenvalue weighted by Crippen LogP contribution is -2.43. The molecule has 0 spiro atoms. The van der Waals surface area contributed by atoms with Gasteiger partial charge in [0.25, 0.3) is 0 Å². The fourth-order valence-corrected chi connectivity index (χ4v) is 6.73. The van der Waals surface area contributed by atoms with E-state index in [2.05, 4.69) is 31.2 Å². The van der Waals surface area contributed by atoms with E-state index in [1.807, 2.05) is 42.1 Å². The number of aryl methyl sites for hydroxylation is 1. The van der Waals surface area contributed by atoms with Crippen molar-refractivity contribution in [3.05, 3.63) is 59.5 Å². The van der Waals surface area contributed by atoms with Crippen LogP contribution in [0.4, 0.5) is 17.1 Å². The number of phenolic OH excluding ortho intramolecular Hbond substituents is 1. The van der Waals surface area contributed by atoms with E-state index in [0.717, 1.165) is 52.9 Å². The van der Waals surface area contributed by atoms with Crippen LogP contribution in [0, 0.1) is 11.3 Å². The zero-order valence-electron chi connectivity index (χ0n) is 21.8. The smallest absolute Gasteiger partial charge is 0.172 e. The Balaban J connectivity index is 1.25. The molecule has 2 fully saturated rings. The summed E-state index contributed by atoms with van der Waals surface area (Å²) < 4.78 is 1.94. The minimum Gasteiger partial charge on any atom is -0.506 e. The molecule has 2 aromatic heterocycles. The number of rotatable bonds is 6. The number of piperidine rings is 1. The van der Waals surface area contributed by atoms with Crippen molar-refractivity contribution in [3.63, 3.8) is 0 Å². The number of hydrogen-bond donors (Lipinski definition) is 2. The molecule has 0 aliphatic carbocycles. The predicted molar refractivity (Wildman–Crippen MR) is 156 cm³/mol. The van der Waals surface area contributed by atoms with Gasteiger partial charge >= 0.3 is 0 Å². The highest BCUT2D eigenvalue weighted by Gasteiger charge is 2.27. The number of nitrogens with one attached hydrogen (secondary N) is 1. The molecule has 39 heavy (non-hydrogen) atoms. The van der Waals surface area contributed by atoms with E-state index in [-0.39, 0.29) is 5.75 Å². The molecular formula is C29H30ClN7OS. The summed E-state index contributed by atoms with van der Waals surface area (Å²) in [5, 5.41) is 26.4. The quantitative estimate of drug-likeness (QED) is 0.290. The number of phenols is 1. The summed E-state index contributed by atoms with van der Waals surface area (Å²) in [7, 11) is 1.94. The summed E-state index contributed by atoms with van der Waals surface area (Å²) in [6.07, 6.45) is 10.0. The van der Waals surface area contributed by atoms with Gasteiger partial charge in [0.05, 0.1) is 27.5 Å². The topological polar surface area (TPSA) is 93.2 Å². The van der Waals surface area contributed by atoms with Crippen LogP contribution in [0.2, 0.25) is 5.02 Å². The lowest BCUT2D eigenvalue weighted by Gasteiger charge is -2.38. The van der Waals surface area contributed by atoms with Crippen molar-refractivity contribution in [1.29, 1.82) is 5.26 Å². The number of fused-ring (bicyclic) bond motifs is 1. The van der Waals surface area contributed by atoms with E-state index in [1.54, 1.807) is 18.5 Å². The highest BCUT2D eigenvalue weighted by atomic mass is 35.5. The summed E-state index contributed by atoms with van der Waals surface area (Å²) in [6.45, 7) is 4.24. The first kappa shape index (κ1) is 25.8. The monoisotopic (exact) mass is 559 g/mol. The Morgan fingerprint density at radius 1 is 1.10 bits per heavy atom. The van der Waals surface area contributed by atoms with Gasteiger partial charge in [0.1, 0.15) is 11.8 Å². The lowest BCUT2D eigenvalue weighted by atomic mass is 10.0. The Bertz CT molecular complexity index is 1550. The van der Waals surface area contributed by atoms with Crippen molar-refractivity contribution < 1.29 is 5.11 Å². The number of hydrogen-bond acceptors (Lipinski definition) is 8. The Labute approximate surface area is 237 Å². The third kappa shape index (κ3) is 5.24. The summed E-state index contributed by atoms with van der Waals surface area (Å²) in [6, 6.07) is 12.2. The molecular weight excluding hydrogens is 530 g/mol. The second-order valence-corrected chi connectivity index (χ2v) is 11.6. The molecule has 0 atom stereocenters. The van der Waals surface area contributed by atoms with E-state index >= 15 is 0 Å². The number of pyridine rings is 1. The number of nitrogens with zero attached hydrogens (tertiary/aromatic N) is 6. The summed E-state index contributed by atoms with van der Waals surface area (Å²) >= 11 is 8.10. The fraction of sp³-hybridized carbons (Fsp3) is 0.345. The molecule has 200 valence electrons. The maximum absolute atomic E-state index is 11.1. The van der Waals surface area contributed by atoms with Crippen LogP contribution in [0.15, 0.2) is 59.0 Å². The van der Waals surface area contributed by atoms with Crippen LogP contribution in [0.1, 0.15) is 31.2 Å². The summed E-state index contributed by atoms with van der Waals surface area (Å²) in [5.41, 5.74) is 3.24. The molecule has 0 saturated carbocycles. The molecule has 0 bridgehead atoms. The normalized spacial score (nSPS) is 16.6. The van der Waals surface area contributed by atoms with Gasteiger partial charge in [-0.25, -0.2) is 4.98 Å². The van der Waals surface area contributed by atoms with E-state index in [9.17, 15) is 10.4 Å². The lowest BCUT2D eigenvalue weighted by molar-refractivity contribution is 0.207. The molecule has 0 unspecified atom stereocenters. The minimum absolute atomic E-state index is 0.196. The molecule has 8 nitrogen and oxygen atoms in total. The number of imidazole rings is 1. The number of nitriles is 1. The number of benzene rings is 2. The molecule has 2 saturated heterocycles. The molecule has 2 N–H and O–H groups in total. The molecule has 6 rings (SSSR count). The van der Waals surface area contributed by atoms with Gasteiger partial charge in [0.15, 0.2) is 5.16 Å². The Morgan fingerprint density at radius 2 is 1.90 bits per heavy atom. The first-order valence-electron chi connectivity index (χ1n) is 13.3. The highest BCUT2D eigenvalue weighted by molar-refractivity contribution is 7.99. The van der Waals surface area contributed by atoms with Gasteiger partial charge in [-0.1, -0.05) is 23.4 Å². The number of likely N-dealkylation sites (tertiary alicyclic amines) is 1. The van der Waals surface area contributed by atoms with Gasteiger partial charge in [0.2, 0.25) is 0 Å². The van der Waals surface area contributed by atoms with Gasteiger partial charge in [-0.2, -0.15) is 5.26 Å². The van der Waals surface area contributed by atoms with E-state index < -0.39 is 0 Å². The summed E-state index contributed by atoms with van der Waals surface area (Å²) in [4.78, 5) is 14.7. The van der Waals surface area contributed by atoms with Crippen LogP contribution < -0.4 is 10.2 Å². The number of halogens is 1. The van der Waals surface area contributed by atoms with Crippen LogP contribution in [0.25, 0.3) is 10.9 Å². The zero-order valence-corrected chi connectivity index (χ0v) is 23.3. The SMILES string of the molecule is Cn1ccnc1Sc1ccc(Nc2c(C#N)cnc3cc(N4CCC(N5CCCC5)CC4)c(O)cc23)cc1Cl. The summed E-state index contributed by atoms with van der Waals surface area (Å²) in [5.74, 6) is 0.196. The maximum atomic E-state index is 11.1. The third-order valence-corrected chi connectivity index (χ3v) is 9.30. The van der Waals surface area contributed by atoms with Gasteiger partial charge in [-0.3, -0.25) is 4.98 Å². The van der Waals surface area contributed by atoms with E-state index in [1.165, 1.54) is 37.7 Å². The number of anilines is 3. The second kappa shape index (κ2) is 11.0. The van der Waals surface area contributed by atoms with Gasteiger partial charge in [0, 0.05) is 60.7 Å². The maximum Gasteiger partial charge on any atom is 0.172 e. The molecule has 0 radical (unpaired) electrons. The fourth-order valence-electron chi connectivity index (χ4n) is 5.62. The van der Waals surface area contributed by atoms with Crippen molar-refractivity contribution >= 4 is 51.3 Å². The minimum atomic E-state index is 0.196. The zero-order chi connectivity index (χ0) is 26.9. The van der Waals surface area contributed by atoms with Crippen LogP contribution in [-0.4, -0.2) is 56.8 Å². The van der Waals surface area contributed by atoms with Crippen molar-refractivity contribution in [2.75, 3.05) is 36.4 Å². The molecule has 2 aromatic carbocycles. The van der Waals surface area contributed by atoms with Crippen molar-refractivity contribution in [3.8, 4) is 11.8 Å². The molecule has 4 heterocycles. The van der Waals surface area contributed by atoms with Crippen LogP contribution >= 0.6 is 23.4 Å². The average molecular weight is 560 g/mol. The van der Waals surface area contributed by atoms with E-state index in [4.69, 9.17) is 11.6 Å². The van der Waals surface area contributed by atoms with Crippen molar-refractivity contribution in [2.24, 2.45) is 7.05 Å². The van der Waals surface area contributed by atoms with E-state index in [0.29, 0.717) is 27.7 Å². The Hall–Kier alpha value is -3.45. The molecule has 10 heteroatoms. The van der Waals surface area contributed by atoms with Crippen molar-refractivity contribution in [2.45, 2.75) is 41.8 Å². The Morgan fingerprint density at radius 3 is 2.59 bits per heavy atom. The molecule has 2 aliphatic rings. The number of aromatic nitrogens is 3. The predicted octanol–water partition coefficient (Wildman–Crippen LogP) is 6.16. The largest absolute Gasteiger partial charge is 0.506 e. The average Bonchev–Trinajstić information content (AvgIpc) is 3.63. The molecule has 2 aliphatic heterocycles. The van der Waals surface area contributed by atoms with Gasteiger partial charge in [-0.15, -0.1) is 0 Å².